The highest BCUT2D eigenvalue weighted by Gasteiger charge is 2.25. The molecule has 0 aliphatic carbocycles. The summed E-state index contributed by atoms with van der Waals surface area (Å²) in [5.41, 5.74) is 1.36. The zero-order valence-electron chi connectivity index (χ0n) is 25.4. The first-order chi connectivity index (χ1) is 21.4. The van der Waals surface area contributed by atoms with Crippen LogP contribution in [0, 0.1) is 6.92 Å². The molecule has 0 fully saturated rings. The van der Waals surface area contributed by atoms with E-state index in [0.29, 0.717) is 11.4 Å². The van der Waals surface area contributed by atoms with E-state index >= 15 is 0 Å². The van der Waals surface area contributed by atoms with Gasteiger partial charge in [-0.05, 0) is 54.3 Å². The number of nitrogens with zero attached hydrogens (tertiary/aromatic N) is 3. The summed E-state index contributed by atoms with van der Waals surface area (Å²) in [4.78, 5) is 24.7. The minimum absolute atomic E-state index is 0.0113. The van der Waals surface area contributed by atoms with Crippen LogP contribution in [0.5, 0.6) is 23.1 Å². The summed E-state index contributed by atoms with van der Waals surface area (Å²) < 4.78 is 56.6. The lowest BCUT2D eigenvalue weighted by atomic mass is 9.87. The number of ether oxygens (including phenoxy) is 5. The first-order valence-electron chi connectivity index (χ1n) is 13.7. The Bertz CT molecular complexity index is 1730. The predicted molar refractivity (Wildman–Crippen MR) is 167 cm³/mol. The third-order valence-corrected chi connectivity index (χ3v) is 7.83. The summed E-state index contributed by atoms with van der Waals surface area (Å²) >= 11 is 6.38. The SMILES string of the molecule is COc1ccc(Cl)c(Oc2c(NS(=O)(=O)c3ccc(C(C)(C)C)cc3)nc(C)nc2OCCOC(=O)OCc2ccccn2)c1. The van der Waals surface area contributed by atoms with Crippen molar-refractivity contribution in [2.45, 2.75) is 44.6 Å². The monoisotopic (exact) mass is 656 g/mol. The van der Waals surface area contributed by atoms with E-state index in [4.69, 9.17) is 35.3 Å². The van der Waals surface area contributed by atoms with Crippen LogP contribution in [0.15, 0.2) is 71.8 Å². The summed E-state index contributed by atoms with van der Waals surface area (Å²) in [6.45, 7) is 7.18. The van der Waals surface area contributed by atoms with Crippen molar-refractivity contribution in [2.75, 3.05) is 25.0 Å². The Morgan fingerprint density at radius 2 is 1.73 bits per heavy atom. The molecular weight excluding hydrogens is 624 g/mol. The minimum Gasteiger partial charge on any atom is -0.497 e. The lowest BCUT2D eigenvalue weighted by molar-refractivity contribution is 0.0399. The number of hydrogen-bond acceptors (Lipinski definition) is 11. The third kappa shape index (κ3) is 9.19. The van der Waals surface area contributed by atoms with Gasteiger partial charge in [0, 0.05) is 12.3 Å². The van der Waals surface area contributed by atoms with E-state index < -0.39 is 16.2 Å². The Kier molecular flexibility index (Phi) is 10.7. The topological polar surface area (TPSA) is 148 Å². The quantitative estimate of drug-likeness (QED) is 0.132. The predicted octanol–water partition coefficient (Wildman–Crippen LogP) is 6.46. The average molecular weight is 657 g/mol. The number of methoxy groups -OCH3 is 1. The van der Waals surface area contributed by atoms with Crippen LogP contribution in [0.1, 0.15) is 37.9 Å². The molecule has 0 spiro atoms. The van der Waals surface area contributed by atoms with E-state index in [9.17, 15) is 13.2 Å². The normalized spacial score (nSPS) is 11.4. The van der Waals surface area contributed by atoms with Crippen LogP contribution in [-0.2, 0) is 31.5 Å². The molecule has 0 unspecified atom stereocenters. The molecule has 14 heteroatoms. The van der Waals surface area contributed by atoms with Crippen LogP contribution < -0.4 is 18.9 Å². The molecular formula is C31H33ClN4O8S. The molecule has 0 saturated carbocycles. The highest BCUT2D eigenvalue weighted by molar-refractivity contribution is 7.92. The number of sulfonamides is 1. The molecule has 238 valence electrons. The Morgan fingerprint density at radius 3 is 2.40 bits per heavy atom. The fraction of sp³-hybridized carbons (Fsp3) is 0.290. The molecule has 0 atom stereocenters. The molecule has 0 radical (unpaired) electrons. The molecule has 0 bridgehead atoms. The summed E-state index contributed by atoms with van der Waals surface area (Å²) in [6, 6.07) is 16.4. The van der Waals surface area contributed by atoms with Crippen LogP contribution in [0.4, 0.5) is 10.6 Å². The number of carbonyl (C=O) groups excluding carboxylic acids is 1. The maximum absolute atomic E-state index is 13.5. The van der Waals surface area contributed by atoms with Crippen molar-refractivity contribution in [1.82, 2.24) is 15.0 Å². The van der Waals surface area contributed by atoms with Gasteiger partial charge in [-0.3, -0.25) is 9.71 Å². The average Bonchev–Trinajstić information content (AvgIpc) is 3.00. The lowest BCUT2D eigenvalue weighted by Crippen LogP contribution is -2.18. The summed E-state index contributed by atoms with van der Waals surface area (Å²) in [5.74, 6) is 0.217. The van der Waals surface area contributed by atoms with E-state index in [2.05, 4.69) is 19.7 Å². The maximum atomic E-state index is 13.5. The summed E-state index contributed by atoms with van der Waals surface area (Å²) in [5, 5.41) is 0.202. The number of nitrogens with one attached hydrogen (secondary N) is 1. The van der Waals surface area contributed by atoms with Gasteiger partial charge in [0.25, 0.3) is 15.9 Å². The fourth-order valence-corrected chi connectivity index (χ4v) is 5.00. The molecule has 1 N–H and O–H groups in total. The number of aromatic nitrogens is 3. The van der Waals surface area contributed by atoms with E-state index in [0.717, 1.165) is 5.56 Å². The van der Waals surface area contributed by atoms with E-state index in [1.807, 2.05) is 20.8 Å². The molecule has 2 aromatic carbocycles. The number of benzene rings is 2. The van der Waals surface area contributed by atoms with Crippen molar-refractivity contribution in [3.63, 3.8) is 0 Å². The minimum atomic E-state index is -4.14. The van der Waals surface area contributed by atoms with Gasteiger partial charge in [-0.25, -0.2) is 18.2 Å². The molecule has 0 aliphatic heterocycles. The Morgan fingerprint density at radius 1 is 0.978 bits per heavy atom. The Balaban J connectivity index is 1.57. The molecule has 2 heterocycles. The summed E-state index contributed by atoms with van der Waals surface area (Å²) in [6.07, 6.45) is 0.658. The van der Waals surface area contributed by atoms with Crippen LogP contribution in [-0.4, -0.2) is 49.8 Å². The molecule has 0 amide bonds. The second kappa shape index (κ2) is 14.4. The van der Waals surface area contributed by atoms with Crippen molar-refractivity contribution in [3.05, 3.63) is 89.0 Å². The number of rotatable bonds is 12. The number of carbonyl (C=O) groups is 1. The standard InChI is InChI=1S/C31H33ClN4O8S/c1-20-34-28(36-45(38,39)24-12-9-21(10-13-24)31(2,3)4)27(44-26-18-23(40-5)11-14-25(26)32)29(35-20)41-16-17-42-30(37)43-19-22-8-6-7-15-33-22/h6-15,18H,16-17,19H2,1-5H3,(H,34,35,36). The molecule has 0 saturated heterocycles. The number of pyridine rings is 1. The van der Waals surface area contributed by atoms with Gasteiger partial charge in [0.2, 0.25) is 5.75 Å². The van der Waals surface area contributed by atoms with Gasteiger partial charge in [-0.2, -0.15) is 4.98 Å². The van der Waals surface area contributed by atoms with Crippen LogP contribution >= 0.6 is 11.6 Å². The molecule has 12 nitrogen and oxygen atoms in total. The van der Waals surface area contributed by atoms with Crippen LogP contribution in [0.2, 0.25) is 5.02 Å². The molecule has 0 aliphatic rings. The zero-order valence-corrected chi connectivity index (χ0v) is 26.9. The molecule has 2 aromatic heterocycles. The van der Waals surface area contributed by atoms with Gasteiger partial charge in [-0.1, -0.05) is 50.6 Å². The smallest absolute Gasteiger partial charge is 0.497 e. The van der Waals surface area contributed by atoms with Gasteiger partial charge >= 0.3 is 6.16 Å². The van der Waals surface area contributed by atoms with Crippen LogP contribution in [0.3, 0.4) is 0 Å². The van der Waals surface area contributed by atoms with Crippen molar-refractivity contribution >= 4 is 33.6 Å². The largest absolute Gasteiger partial charge is 0.508 e. The van der Waals surface area contributed by atoms with Gasteiger partial charge in [0.15, 0.2) is 5.82 Å². The van der Waals surface area contributed by atoms with Crippen molar-refractivity contribution in [3.8, 4) is 23.1 Å². The number of anilines is 1. The number of halogens is 1. The fourth-order valence-electron chi connectivity index (χ4n) is 3.84. The third-order valence-electron chi connectivity index (χ3n) is 6.16. The number of aryl methyl sites for hydroxylation is 1. The van der Waals surface area contributed by atoms with E-state index in [1.54, 1.807) is 55.6 Å². The van der Waals surface area contributed by atoms with Crippen molar-refractivity contribution < 1.29 is 36.9 Å². The first-order valence-corrected chi connectivity index (χ1v) is 15.6. The second-order valence-corrected chi connectivity index (χ2v) is 12.7. The lowest BCUT2D eigenvalue weighted by Gasteiger charge is -2.20. The highest BCUT2D eigenvalue weighted by atomic mass is 35.5. The number of hydrogen-bond donors (Lipinski definition) is 1. The molecule has 4 aromatic rings. The highest BCUT2D eigenvalue weighted by Crippen LogP contribution is 2.41. The zero-order chi connectivity index (χ0) is 32.6. The maximum Gasteiger partial charge on any atom is 0.508 e. The van der Waals surface area contributed by atoms with Gasteiger partial charge in [0.05, 0.1) is 22.7 Å². The molecule has 4 rings (SSSR count). The van der Waals surface area contributed by atoms with Crippen LogP contribution in [0.25, 0.3) is 0 Å². The molecule has 45 heavy (non-hydrogen) atoms. The van der Waals surface area contributed by atoms with Crippen molar-refractivity contribution in [2.24, 2.45) is 0 Å². The first kappa shape index (κ1) is 33.3. The van der Waals surface area contributed by atoms with Gasteiger partial charge in [0.1, 0.15) is 37.1 Å². The van der Waals surface area contributed by atoms with Crippen molar-refractivity contribution in [1.29, 1.82) is 0 Å². The Hall–Kier alpha value is -4.62. The van der Waals surface area contributed by atoms with E-state index in [1.165, 1.54) is 25.3 Å². The van der Waals surface area contributed by atoms with Gasteiger partial charge in [-0.15, -0.1) is 0 Å². The Labute approximate surface area is 266 Å². The van der Waals surface area contributed by atoms with E-state index in [-0.39, 0.29) is 64.2 Å². The summed E-state index contributed by atoms with van der Waals surface area (Å²) in [7, 11) is -2.66. The second-order valence-electron chi connectivity index (χ2n) is 10.6. The van der Waals surface area contributed by atoms with Gasteiger partial charge < -0.3 is 23.7 Å².